The van der Waals surface area contributed by atoms with Crippen LogP contribution in [0.15, 0.2) is 53.4 Å². The van der Waals surface area contributed by atoms with Crippen LogP contribution in [0.25, 0.3) is 0 Å². The summed E-state index contributed by atoms with van der Waals surface area (Å²) >= 11 is 2.00. The Labute approximate surface area is 196 Å². The van der Waals surface area contributed by atoms with E-state index in [1.54, 1.807) is 0 Å². The van der Waals surface area contributed by atoms with E-state index in [1.165, 1.54) is 74.1 Å². The van der Waals surface area contributed by atoms with E-state index in [1.807, 2.05) is 11.8 Å². The van der Waals surface area contributed by atoms with Crippen LogP contribution in [0.1, 0.15) is 85.5 Å². The molecule has 0 aliphatic carbocycles. The summed E-state index contributed by atoms with van der Waals surface area (Å²) in [7, 11) is 0. The monoisotopic (exact) mass is 440 g/mol. The van der Waals surface area contributed by atoms with Crippen LogP contribution in [0.4, 0.5) is 17.1 Å². The zero-order valence-electron chi connectivity index (χ0n) is 20.3. The molecule has 0 fully saturated rings. The van der Waals surface area contributed by atoms with Crippen LogP contribution >= 0.6 is 11.8 Å². The fraction of sp³-hybridized carbons (Fsp3) is 0.571. The van der Waals surface area contributed by atoms with E-state index in [0.29, 0.717) is 12.0 Å². The van der Waals surface area contributed by atoms with Gasteiger partial charge in [0.05, 0.1) is 0 Å². The third-order valence-electron chi connectivity index (χ3n) is 5.53. The van der Waals surface area contributed by atoms with Crippen molar-refractivity contribution in [2.75, 3.05) is 16.4 Å². The number of para-hydroxylation sites is 1. The average Bonchev–Trinajstić information content (AvgIpc) is 2.74. The molecule has 1 unspecified atom stereocenters. The summed E-state index contributed by atoms with van der Waals surface area (Å²) in [6.07, 6.45) is 12.2. The zero-order chi connectivity index (χ0) is 22.3. The Bertz CT molecular complexity index is 714. The van der Waals surface area contributed by atoms with Crippen LogP contribution in [0.5, 0.6) is 0 Å². The molecule has 172 valence electrons. The molecule has 3 heteroatoms. The van der Waals surface area contributed by atoms with Crippen molar-refractivity contribution in [1.29, 1.82) is 0 Å². The van der Waals surface area contributed by atoms with Gasteiger partial charge in [-0.1, -0.05) is 83.9 Å². The lowest BCUT2D eigenvalue weighted by Crippen LogP contribution is -2.17. The SMILES string of the molecule is CCCCCCCCCCSc1cc(Nc2ccccc2)ccc1NC(C)CC(C)C. The van der Waals surface area contributed by atoms with Gasteiger partial charge in [-0.3, -0.25) is 0 Å². The molecule has 0 bridgehead atoms. The number of benzene rings is 2. The minimum atomic E-state index is 0.482. The molecule has 0 radical (unpaired) electrons. The largest absolute Gasteiger partial charge is 0.382 e. The standard InChI is InChI=1S/C28H44N2S/c1-5-6-7-8-9-10-11-15-20-31-28-22-26(30-25-16-13-12-14-17-25)18-19-27(28)29-24(4)21-23(2)3/h12-14,16-19,22-24,29-30H,5-11,15,20-21H2,1-4H3. The summed E-state index contributed by atoms with van der Waals surface area (Å²) in [5.74, 6) is 1.90. The molecule has 0 heterocycles. The first-order chi connectivity index (χ1) is 15.1. The topological polar surface area (TPSA) is 24.1 Å². The Balaban J connectivity index is 1.91. The van der Waals surface area contributed by atoms with Gasteiger partial charge in [0, 0.05) is 28.0 Å². The van der Waals surface area contributed by atoms with E-state index in [9.17, 15) is 0 Å². The van der Waals surface area contributed by atoms with E-state index in [4.69, 9.17) is 0 Å². The number of unbranched alkanes of at least 4 members (excludes halogenated alkanes) is 7. The Kier molecular flexibility index (Phi) is 12.6. The van der Waals surface area contributed by atoms with Crippen molar-refractivity contribution in [2.24, 2.45) is 5.92 Å². The normalized spacial score (nSPS) is 12.2. The lowest BCUT2D eigenvalue weighted by molar-refractivity contribution is 0.539. The van der Waals surface area contributed by atoms with Gasteiger partial charge in [0.25, 0.3) is 0 Å². The molecule has 0 amide bonds. The highest BCUT2D eigenvalue weighted by atomic mass is 32.2. The van der Waals surface area contributed by atoms with E-state index < -0.39 is 0 Å². The van der Waals surface area contributed by atoms with Crippen LogP contribution in [0.3, 0.4) is 0 Å². The first-order valence-corrected chi connectivity index (χ1v) is 13.4. The van der Waals surface area contributed by atoms with Crippen LogP contribution in [0.2, 0.25) is 0 Å². The average molecular weight is 441 g/mol. The van der Waals surface area contributed by atoms with Crippen LogP contribution in [-0.4, -0.2) is 11.8 Å². The Morgan fingerprint density at radius 1 is 0.774 bits per heavy atom. The molecule has 2 N–H and O–H groups in total. The first-order valence-electron chi connectivity index (χ1n) is 12.4. The minimum Gasteiger partial charge on any atom is -0.382 e. The molecule has 0 saturated carbocycles. The van der Waals surface area contributed by atoms with Gasteiger partial charge in [-0.15, -0.1) is 11.8 Å². The summed E-state index contributed by atoms with van der Waals surface area (Å²) in [6, 6.07) is 17.7. The number of hydrogen-bond acceptors (Lipinski definition) is 3. The fourth-order valence-electron chi connectivity index (χ4n) is 3.98. The summed E-state index contributed by atoms with van der Waals surface area (Å²) in [5, 5.41) is 7.32. The van der Waals surface area contributed by atoms with Crippen molar-refractivity contribution >= 4 is 28.8 Å². The molecule has 2 rings (SSSR count). The van der Waals surface area contributed by atoms with Crippen molar-refractivity contribution in [3.63, 3.8) is 0 Å². The molecule has 0 saturated heterocycles. The second-order valence-corrected chi connectivity index (χ2v) is 10.3. The van der Waals surface area contributed by atoms with Gasteiger partial charge < -0.3 is 10.6 Å². The van der Waals surface area contributed by atoms with Gasteiger partial charge in [0.2, 0.25) is 0 Å². The van der Waals surface area contributed by atoms with Crippen molar-refractivity contribution in [3.05, 3.63) is 48.5 Å². The Morgan fingerprint density at radius 3 is 2.13 bits per heavy atom. The van der Waals surface area contributed by atoms with Gasteiger partial charge in [-0.05, 0) is 61.8 Å². The van der Waals surface area contributed by atoms with E-state index in [-0.39, 0.29) is 0 Å². The molecular weight excluding hydrogens is 396 g/mol. The summed E-state index contributed by atoms with van der Waals surface area (Å²) in [5.41, 5.74) is 3.57. The van der Waals surface area contributed by atoms with Gasteiger partial charge in [0.15, 0.2) is 0 Å². The smallest absolute Gasteiger partial charge is 0.0481 e. The molecule has 0 spiro atoms. The maximum Gasteiger partial charge on any atom is 0.0481 e. The van der Waals surface area contributed by atoms with Crippen molar-refractivity contribution in [3.8, 4) is 0 Å². The number of rotatable bonds is 16. The molecule has 31 heavy (non-hydrogen) atoms. The maximum atomic E-state index is 3.77. The van der Waals surface area contributed by atoms with E-state index in [2.05, 4.69) is 86.9 Å². The highest BCUT2D eigenvalue weighted by Gasteiger charge is 2.10. The van der Waals surface area contributed by atoms with Crippen LogP contribution in [-0.2, 0) is 0 Å². The van der Waals surface area contributed by atoms with Gasteiger partial charge >= 0.3 is 0 Å². The van der Waals surface area contributed by atoms with Crippen LogP contribution in [0, 0.1) is 5.92 Å². The number of nitrogens with one attached hydrogen (secondary N) is 2. The second-order valence-electron chi connectivity index (χ2n) is 9.20. The van der Waals surface area contributed by atoms with Gasteiger partial charge in [-0.25, -0.2) is 0 Å². The van der Waals surface area contributed by atoms with Gasteiger partial charge in [0.1, 0.15) is 0 Å². The van der Waals surface area contributed by atoms with Gasteiger partial charge in [-0.2, -0.15) is 0 Å². The lowest BCUT2D eigenvalue weighted by Gasteiger charge is -2.20. The summed E-state index contributed by atoms with van der Waals surface area (Å²) < 4.78 is 0. The van der Waals surface area contributed by atoms with E-state index in [0.717, 1.165) is 11.4 Å². The fourth-order valence-corrected chi connectivity index (χ4v) is 5.04. The number of thioether (sulfide) groups is 1. The molecule has 0 aliphatic heterocycles. The molecule has 2 aromatic rings. The molecular formula is C28H44N2S. The zero-order valence-corrected chi connectivity index (χ0v) is 21.1. The molecule has 0 aromatic heterocycles. The van der Waals surface area contributed by atoms with E-state index >= 15 is 0 Å². The minimum absolute atomic E-state index is 0.482. The summed E-state index contributed by atoms with van der Waals surface area (Å²) in [4.78, 5) is 1.36. The lowest BCUT2D eigenvalue weighted by atomic mass is 10.1. The second kappa shape index (κ2) is 15.2. The molecule has 1 atom stereocenters. The molecule has 0 aliphatic rings. The quantitative estimate of drug-likeness (QED) is 0.201. The maximum absolute atomic E-state index is 3.77. The number of anilines is 3. The van der Waals surface area contributed by atoms with Crippen molar-refractivity contribution < 1.29 is 0 Å². The third-order valence-corrected chi connectivity index (χ3v) is 6.67. The van der Waals surface area contributed by atoms with Crippen molar-refractivity contribution in [2.45, 2.75) is 96.4 Å². The summed E-state index contributed by atoms with van der Waals surface area (Å²) in [6.45, 7) is 9.17. The molecule has 2 nitrogen and oxygen atoms in total. The highest BCUT2D eigenvalue weighted by Crippen LogP contribution is 2.33. The predicted octanol–water partition coefficient (Wildman–Crippen LogP) is 9.51. The predicted molar refractivity (Wildman–Crippen MR) is 142 cm³/mol. The Hall–Kier alpha value is -1.61. The number of hydrogen-bond donors (Lipinski definition) is 2. The molecule has 2 aromatic carbocycles. The third kappa shape index (κ3) is 11.0. The highest BCUT2D eigenvalue weighted by molar-refractivity contribution is 7.99. The first kappa shape index (κ1) is 25.6. The van der Waals surface area contributed by atoms with Crippen molar-refractivity contribution in [1.82, 2.24) is 0 Å². The van der Waals surface area contributed by atoms with Crippen LogP contribution < -0.4 is 10.6 Å². The Morgan fingerprint density at radius 2 is 1.45 bits per heavy atom.